The number of nitrogens with zero attached hydrogens (tertiary/aromatic N) is 3. The van der Waals surface area contributed by atoms with E-state index in [4.69, 9.17) is 16.2 Å². The topological polar surface area (TPSA) is 149 Å². The first kappa shape index (κ1) is 26.4. The van der Waals surface area contributed by atoms with Crippen molar-refractivity contribution >= 4 is 24.3 Å². The Labute approximate surface area is 173 Å². The molecule has 164 valence electrons. The van der Waals surface area contributed by atoms with Gasteiger partial charge in [-0.2, -0.15) is 0 Å². The highest BCUT2D eigenvalue weighted by Crippen LogP contribution is 2.22. The third-order valence-electron chi connectivity index (χ3n) is 4.47. The number of rotatable bonds is 9. The highest BCUT2D eigenvalue weighted by Gasteiger charge is 2.26. The van der Waals surface area contributed by atoms with Crippen LogP contribution in [0.3, 0.4) is 0 Å². The number of guanidine groups is 1. The molecule has 0 saturated carbocycles. The number of ether oxygens (including phenoxy) is 1. The van der Waals surface area contributed by atoms with E-state index in [1.165, 1.54) is 0 Å². The van der Waals surface area contributed by atoms with Crippen molar-refractivity contribution in [2.45, 2.75) is 64.5 Å². The van der Waals surface area contributed by atoms with Gasteiger partial charge in [0.15, 0.2) is 5.03 Å². The van der Waals surface area contributed by atoms with Crippen LogP contribution in [-0.4, -0.2) is 59.7 Å². The Bertz CT molecular complexity index is 518. The van der Waals surface area contributed by atoms with Crippen LogP contribution in [0.4, 0.5) is 0 Å². The monoisotopic (exact) mass is 422 g/mol. The highest BCUT2D eigenvalue weighted by molar-refractivity contribution is 5.85. The predicted octanol–water partition coefficient (Wildman–Crippen LogP) is 1.06. The molecule has 10 nitrogen and oxygen atoms in total. The number of nitro groups is 1. The molecule has 1 aliphatic heterocycles. The van der Waals surface area contributed by atoms with Crippen molar-refractivity contribution in [2.24, 2.45) is 22.4 Å². The minimum atomic E-state index is -0.771. The molecule has 0 spiro atoms. The molecule has 0 radical (unpaired) electrons. The second-order valence-electron chi connectivity index (χ2n) is 7.90. The molecule has 1 unspecified atom stereocenters. The smallest absolute Gasteiger partial charge is 0.251 e. The molecule has 1 fully saturated rings. The van der Waals surface area contributed by atoms with Crippen molar-refractivity contribution in [1.82, 2.24) is 10.3 Å². The fraction of sp³-hybridized carbons (Fsp3) is 0.882. The molecule has 1 atom stereocenters. The van der Waals surface area contributed by atoms with Crippen molar-refractivity contribution in [3.05, 3.63) is 10.1 Å². The molecule has 1 rings (SSSR count). The molecule has 0 aromatic heterocycles. The standard InChI is InChI=1S/C17H34N6O4.ClH/c1-17(2,3)27-12-8-13-6-10-22(11-7-13)15(24)14(18)5-4-9-20-16(19)21-23(25)26;/h13-14H,4-12,18H2,1-3H3,(H3,19,20,21);1H. The molecule has 0 aromatic rings. The van der Waals surface area contributed by atoms with Crippen LogP contribution in [0.2, 0.25) is 0 Å². The fourth-order valence-corrected chi connectivity index (χ4v) is 2.97. The summed E-state index contributed by atoms with van der Waals surface area (Å²) < 4.78 is 5.78. The lowest BCUT2D eigenvalue weighted by molar-refractivity contribution is -0.525. The predicted molar refractivity (Wildman–Crippen MR) is 111 cm³/mol. The van der Waals surface area contributed by atoms with E-state index in [9.17, 15) is 14.9 Å². The maximum atomic E-state index is 12.4. The maximum absolute atomic E-state index is 12.4. The Morgan fingerprint density at radius 2 is 2.00 bits per heavy atom. The number of hydrogen-bond acceptors (Lipinski definition) is 6. The molecule has 0 aromatic carbocycles. The number of aliphatic imine (C=N–C) groups is 1. The van der Waals surface area contributed by atoms with Crippen molar-refractivity contribution < 1.29 is 14.6 Å². The number of piperidine rings is 1. The summed E-state index contributed by atoms with van der Waals surface area (Å²) in [5.41, 5.74) is 13.0. The van der Waals surface area contributed by atoms with Crippen LogP contribution in [-0.2, 0) is 9.53 Å². The first-order chi connectivity index (χ1) is 12.6. The van der Waals surface area contributed by atoms with E-state index in [0.29, 0.717) is 18.8 Å². The lowest BCUT2D eigenvalue weighted by atomic mass is 9.93. The van der Waals surface area contributed by atoms with Crippen molar-refractivity contribution in [2.75, 3.05) is 26.2 Å². The van der Waals surface area contributed by atoms with Gasteiger partial charge in [-0.3, -0.25) is 4.79 Å². The quantitative estimate of drug-likeness (QED) is 0.165. The molecular formula is C17H35ClN6O4. The van der Waals surface area contributed by atoms with Gasteiger partial charge in [-0.1, -0.05) is 5.43 Å². The lowest BCUT2D eigenvalue weighted by Gasteiger charge is -2.34. The number of nitrogens with one attached hydrogen (secondary N) is 1. The van der Waals surface area contributed by atoms with Crippen LogP contribution in [0, 0.1) is 16.0 Å². The molecule has 5 N–H and O–H groups in total. The maximum Gasteiger partial charge on any atom is 0.251 e. The number of likely N-dealkylation sites (tertiary alicyclic amines) is 1. The van der Waals surface area contributed by atoms with Gasteiger partial charge in [0.05, 0.1) is 11.6 Å². The van der Waals surface area contributed by atoms with E-state index in [2.05, 4.69) is 4.99 Å². The average molecular weight is 423 g/mol. The van der Waals surface area contributed by atoms with Gasteiger partial charge in [-0.15, -0.1) is 12.4 Å². The summed E-state index contributed by atoms with van der Waals surface area (Å²) in [4.78, 5) is 28.3. The molecule has 28 heavy (non-hydrogen) atoms. The summed E-state index contributed by atoms with van der Waals surface area (Å²) in [6.45, 7) is 8.63. The van der Waals surface area contributed by atoms with E-state index in [1.807, 2.05) is 25.7 Å². The SMILES string of the molecule is CC(C)(C)OCCC1CCN(C(=O)C(N)CCCN=C(N)N[N+](=O)[O-])CC1.Cl. The Morgan fingerprint density at radius 3 is 2.54 bits per heavy atom. The van der Waals surface area contributed by atoms with Gasteiger partial charge in [-0.25, -0.2) is 15.1 Å². The summed E-state index contributed by atoms with van der Waals surface area (Å²) in [6.07, 6.45) is 3.96. The van der Waals surface area contributed by atoms with E-state index >= 15 is 0 Å². The van der Waals surface area contributed by atoms with Gasteiger partial charge in [0.1, 0.15) is 0 Å². The number of carbonyl (C=O) groups excluding carboxylic acids is 1. The Kier molecular flexibility index (Phi) is 12.0. The minimum absolute atomic E-state index is 0. The summed E-state index contributed by atoms with van der Waals surface area (Å²) in [5.74, 6) is 0.288. The molecule has 11 heteroatoms. The zero-order chi connectivity index (χ0) is 20.4. The third kappa shape index (κ3) is 11.3. The number of halogens is 1. The molecule has 1 heterocycles. The first-order valence-corrected chi connectivity index (χ1v) is 9.48. The fourth-order valence-electron chi connectivity index (χ4n) is 2.97. The van der Waals surface area contributed by atoms with E-state index in [0.717, 1.165) is 39.0 Å². The van der Waals surface area contributed by atoms with Gasteiger partial charge in [0.25, 0.3) is 5.96 Å². The normalized spacial score (nSPS) is 17.0. The molecule has 0 aliphatic carbocycles. The van der Waals surface area contributed by atoms with Crippen LogP contribution < -0.4 is 16.9 Å². The lowest BCUT2D eigenvalue weighted by Crippen LogP contribution is -2.47. The van der Waals surface area contributed by atoms with E-state index in [-0.39, 0.29) is 36.4 Å². The molecular weight excluding hydrogens is 388 g/mol. The second-order valence-corrected chi connectivity index (χ2v) is 7.90. The Balaban J connectivity index is 0.00000729. The summed E-state index contributed by atoms with van der Waals surface area (Å²) >= 11 is 0. The van der Waals surface area contributed by atoms with Crippen molar-refractivity contribution in [3.63, 3.8) is 0 Å². The summed E-state index contributed by atoms with van der Waals surface area (Å²) in [7, 11) is 0. The van der Waals surface area contributed by atoms with E-state index < -0.39 is 11.1 Å². The number of nitrogens with two attached hydrogens (primary N) is 2. The van der Waals surface area contributed by atoms with Gasteiger partial charge in [0, 0.05) is 26.2 Å². The van der Waals surface area contributed by atoms with Crippen molar-refractivity contribution in [1.29, 1.82) is 0 Å². The number of amides is 1. The molecule has 1 saturated heterocycles. The molecule has 0 bridgehead atoms. The number of hydrogen-bond donors (Lipinski definition) is 3. The van der Waals surface area contributed by atoms with Crippen LogP contribution >= 0.6 is 12.4 Å². The average Bonchev–Trinajstić information content (AvgIpc) is 2.56. The third-order valence-corrected chi connectivity index (χ3v) is 4.47. The molecule has 1 aliphatic rings. The van der Waals surface area contributed by atoms with Crippen LogP contribution in [0.1, 0.15) is 52.9 Å². The van der Waals surface area contributed by atoms with E-state index in [1.54, 1.807) is 5.43 Å². The number of carbonyl (C=O) groups is 1. The van der Waals surface area contributed by atoms with Crippen LogP contribution in [0.25, 0.3) is 0 Å². The zero-order valence-electron chi connectivity index (χ0n) is 17.1. The van der Waals surface area contributed by atoms with Crippen LogP contribution in [0.5, 0.6) is 0 Å². The van der Waals surface area contributed by atoms with Crippen LogP contribution in [0.15, 0.2) is 4.99 Å². The summed E-state index contributed by atoms with van der Waals surface area (Å²) in [5, 5.41) is 9.43. The number of hydrazine groups is 1. The van der Waals surface area contributed by atoms with Crippen molar-refractivity contribution in [3.8, 4) is 0 Å². The van der Waals surface area contributed by atoms with Gasteiger partial charge >= 0.3 is 0 Å². The Morgan fingerprint density at radius 1 is 1.39 bits per heavy atom. The molecule has 1 amide bonds. The first-order valence-electron chi connectivity index (χ1n) is 9.48. The second kappa shape index (κ2) is 12.7. The van der Waals surface area contributed by atoms with Gasteiger partial charge in [0.2, 0.25) is 5.91 Å². The highest BCUT2D eigenvalue weighted by atomic mass is 35.5. The zero-order valence-corrected chi connectivity index (χ0v) is 17.9. The minimum Gasteiger partial charge on any atom is -0.376 e. The van der Waals surface area contributed by atoms with Gasteiger partial charge < -0.3 is 21.1 Å². The van der Waals surface area contributed by atoms with Gasteiger partial charge in [-0.05, 0) is 58.8 Å². The Hall–Kier alpha value is -1.65. The summed E-state index contributed by atoms with van der Waals surface area (Å²) in [6, 6.07) is -0.578. The largest absolute Gasteiger partial charge is 0.376 e.